The van der Waals surface area contributed by atoms with Gasteiger partial charge in [-0.25, -0.2) is 0 Å². The maximum absolute atomic E-state index is 11.3. The van der Waals surface area contributed by atoms with Gasteiger partial charge >= 0.3 is 0 Å². The number of methoxy groups -OCH3 is 1. The quantitative estimate of drug-likeness (QED) is 0.766. The molecule has 2 rings (SSSR count). The fourth-order valence-corrected chi connectivity index (χ4v) is 2.69. The van der Waals surface area contributed by atoms with Crippen LogP contribution in [0.15, 0.2) is 24.3 Å². The number of carbonyl (C=O) groups excluding carboxylic acids is 1. The van der Waals surface area contributed by atoms with Crippen molar-refractivity contribution in [2.45, 2.75) is 44.8 Å². The van der Waals surface area contributed by atoms with Crippen molar-refractivity contribution in [1.29, 1.82) is 0 Å². The van der Waals surface area contributed by atoms with Crippen molar-refractivity contribution in [2.24, 2.45) is 0 Å². The van der Waals surface area contributed by atoms with Crippen LogP contribution < -0.4 is 4.74 Å². The molecule has 0 bridgehead atoms. The maximum atomic E-state index is 11.3. The highest BCUT2D eigenvalue weighted by Crippen LogP contribution is 2.33. The van der Waals surface area contributed by atoms with Crippen LogP contribution in [0, 0.1) is 0 Å². The molecule has 0 saturated carbocycles. The van der Waals surface area contributed by atoms with E-state index in [4.69, 9.17) is 4.74 Å². The number of nitrogens with zero attached hydrogens (tertiary/aromatic N) is 1. The number of rotatable bonds is 4. The highest BCUT2D eigenvalue weighted by atomic mass is 16.5. The lowest BCUT2D eigenvalue weighted by molar-refractivity contribution is -0.117. The fraction of sp³-hybridized carbons (Fsp3) is 0.533. The lowest BCUT2D eigenvalue weighted by Crippen LogP contribution is -2.44. The molecular weight excluding hydrogens is 226 g/mol. The first-order chi connectivity index (χ1) is 8.59. The minimum absolute atomic E-state index is 0.306. The van der Waals surface area contributed by atoms with Gasteiger partial charge in [-0.3, -0.25) is 4.90 Å². The monoisotopic (exact) mass is 247 g/mol. The van der Waals surface area contributed by atoms with Crippen LogP contribution in [0.3, 0.4) is 0 Å². The second kappa shape index (κ2) is 5.11. The number of aldehydes is 1. The van der Waals surface area contributed by atoms with Crippen molar-refractivity contribution in [3.05, 3.63) is 29.8 Å². The van der Waals surface area contributed by atoms with E-state index in [9.17, 15) is 4.79 Å². The van der Waals surface area contributed by atoms with E-state index < -0.39 is 0 Å². The number of hydrogen-bond acceptors (Lipinski definition) is 3. The average molecular weight is 247 g/mol. The second-order valence-corrected chi connectivity index (χ2v) is 5.34. The Labute approximate surface area is 109 Å². The Balaban J connectivity index is 2.13. The first-order valence-corrected chi connectivity index (χ1v) is 6.45. The van der Waals surface area contributed by atoms with Crippen LogP contribution in [-0.2, 0) is 11.3 Å². The number of carbonyl (C=O) groups is 1. The molecule has 0 N–H and O–H groups in total. The molecule has 2 atom stereocenters. The SMILES string of the molecule is COc1ccc(CN2[C@H](C)CC[C@@]2(C)C=O)cc1. The third-order valence-corrected chi connectivity index (χ3v) is 4.02. The summed E-state index contributed by atoms with van der Waals surface area (Å²) in [5.41, 5.74) is 0.914. The molecular formula is C15H21NO2. The van der Waals surface area contributed by atoms with E-state index in [0.717, 1.165) is 31.4 Å². The van der Waals surface area contributed by atoms with Gasteiger partial charge in [-0.1, -0.05) is 12.1 Å². The van der Waals surface area contributed by atoms with Crippen molar-refractivity contribution >= 4 is 6.29 Å². The van der Waals surface area contributed by atoms with Crippen LogP contribution in [-0.4, -0.2) is 29.9 Å². The van der Waals surface area contributed by atoms with Gasteiger partial charge in [0.15, 0.2) is 0 Å². The summed E-state index contributed by atoms with van der Waals surface area (Å²) < 4.78 is 5.15. The highest BCUT2D eigenvalue weighted by Gasteiger charge is 2.40. The van der Waals surface area contributed by atoms with Gasteiger partial charge in [0, 0.05) is 12.6 Å². The normalized spacial score (nSPS) is 28.3. The molecule has 3 heteroatoms. The highest BCUT2D eigenvalue weighted by molar-refractivity contribution is 5.64. The molecule has 1 heterocycles. The Bertz CT molecular complexity index is 415. The third kappa shape index (κ3) is 2.41. The molecule has 1 aliphatic heterocycles. The van der Waals surface area contributed by atoms with Gasteiger partial charge in [-0.05, 0) is 44.4 Å². The molecule has 1 aromatic rings. The van der Waals surface area contributed by atoms with Gasteiger partial charge in [0.1, 0.15) is 12.0 Å². The molecule has 0 radical (unpaired) electrons. The van der Waals surface area contributed by atoms with E-state index in [0.29, 0.717) is 6.04 Å². The molecule has 1 saturated heterocycles. The summed E-state index contributed by atoms with van der Waals surface area (Å²) in [4.78, 5) is 13.6. The molecule has 1 aliphatic rings. The van der Waals surface area contributed by atoms with Crippen molar-refractivity contribution in [1.82, 2.24) is 4.90 Å². The summed E-state index contributed by atoms with van der Waals surface area (Å²) in [5, 5.41) is 0. The van der Waals surface area contributed by atoms with Gasteiger partial charge in [0.2, 0.25) is 0 Å². The van der Waals surface area contributed by atoms with Crippen molar-refractivity contribution in [2.75, 3.05) is 7.11 Å². The standard InChI is InChI=1S/C15H21NO2/c1-12-8-9-15(2,11-17)16(12)10-13-4-6-14(18-3)7-5-13/h4-7,11-12H,8-10H2,1-3H3/t12-,15+/m1/s1. The van der Waals surface area contributed by atoms with Crippen LogP contribution in [0.1, 0.15) is 32.3 Å². The fourth-order valence-electron chi connectivity index (χ4n) is 2.69. The average Bonchev–Trinajstić information content (AvgIpc) is 2.69. The summed E-state index contributed by atoms with van der Waals surface area (Å²) in [5.74, 6) is 0.867. The number of likely N-dealkylation sites (tertiary alicyclic amines) is 1. The smallest absolute Gasteiger partial charge is 0.139 e. The molecule has 1 aromatic carbocycles. The summed E-state index contributed by atoms with van der Waals surface area (Å²) in [6.45, 7) is 5.05. The third-order valence-electron chi connectivity index (χ3n) is 4.02. The number of ether oxygens (including phenoxy) is 1. The zero-order valence-corrected chi connectivity index (χ0v) is 11.3. The van der Waals surface area contributed by atoms with Crippen LogP contribution in [0.4, 0.5) is 0 Å². The minimum atomic E-state index is -0.306. The van der Waals surface area contributed by atoms with Crippen LogP contribution >= 0.6 is 0 Å². The molecule has 0 aliphatic carbocycles. The molecule has 0 spiro atoms. The predicted octanol–water partition coefficient (Wildman–Crippen LogP) is 2.64. The Kier molecular flexibility index (Phi) is 3.71. The summed E-state index contributed by atoms with van der Waals surface area (Å²) in [7, 11) is 1.67. The first-order valence-electron chi connectivity index (χ1n) is 6.45. The molecule has 0 unspecified atom stereocenters. The largest absolute Gasteiger partial charge is 0.497 e. The summed E-state index contributed by atoms with van der Waals surface area (Å²) in [6.07, 6.45) is 3.14. The van der Waals surface area contributed by atoms with Crippen molar-refractivity contribution in [3.8, 4) is 5.75 Å². The van der Waals surface area contributed by atoms with Gasteiger partial charge in [-0.2, -0.15) is 0 Å². The molecule has 98 valence electrons. The van der Waals surface area contributed by atoms with E-state index in [1.54, 1.807) is 7.11 Å². The summed E-state index contributed by atoms with van der Waals surface area (Å²) >= 11 is 0. The van der Waals surface area contributed by atoms with Crippen molar-refractivity contribution < 1.29 is 9.53 Å². The van der Waals surface area contributed by atoms with E-state index in [1.807, 2.05) is 19.1 Å². The Hall–Kier alpha value is -1.35. The zero-order valence-electron chi connectivity index (χ0n) is 11.3. The zero-order chi connectivity index (χ0) is 13.2. The Morgan fingerprint density at radius 3 is 2.67 bits per heavy atom. The minimum Gasteiger partial charge on any atom is -0.497 e. The number of hydrogen-bond donors (Lipinski definition) is 0. The maximum Gasteiger partial charge on any atom is 0.139 e. The van der Waals surface area contributed by atoms with E-state index in [1.165, 1.54) is 5.56 Å². The molecule has 0 amide bonds. The second-order valence-electron chi connectivity index (χ2n) is 5.34. The predicted molar refractivity (Wildman–Crippen MR) is 71.7 cm³/mol. The van der Waals surface area contributed by atoms with E-state index in [-0.39, 0.29) is 5.54 Å². The Morgan fingerprint density at radius 2 is 2.11 bits per heavy atom. The van der Waals surface area contributed by atoms with E-state index in [2.05, 4.69) is 24.0 Å². The van der Waals surface area contributed by atoms with Gasteiger partial charge in [0.05, 0.1) is 12.6 Å². The topological polar surface area (TPSA) is 29.5 Å². The van der Waals surface area contributed by atoms with Crippen LogP contribution in [0.25, 0.3) is 0 Å². The first kappa shape index (κ1) is 13.1. The molecule has 0 aromatic heterocycles. The lowest BCUT2D eigenvalue weighted by atomic mass is 10.0. The molecule has 3 nitrogen and oxygen atoms in total. The molecule has 1 fully saturated rings. The van der Waals surface area contributed by atoms with Crippen LogP contribution in [0.5, 0.6) is 5.75 Å². The van der Waals surface area contributed by atoms with Gasteiger partial charge in [-0.15, -0.1) is 0 Å². The van der Waals surface area contributed by atoms with Gasteiger partial charge in [0.25, 0.3) is 0 Å². The van der Waals surface area contributed by atoms with Crippen molar-refractivity contribution in [3.63, 3.8) is 0 Å². The molecule has 18 heavy (non-hydrogen) atoms. The van der Waals surface area contributed by atoms with Gasteiger partial charge < -0.3 is 9.53 Å². The van der Waals surface area contributed by atoms with Crippen LogP contribution in [0.2, 0.25) is 0 Å². The lowest BCUT2D eigenvalue weighted by Gasteiger charge is -2.33. The summed E-state index contributed by atoms with van der Waals surface area (Å²) in [6, 6.07) is 8.52. The van der Waals surface area contributed by atoms with E-state index >= 15 is 0 Å². The Morgan fingerprint density at radius 1 is 1.44 bits per heavy atom. The number of benzene rings is 1.